The molecule has 0 spiro atoms. The monoisotopic (exact) mass is 295 g/mol. The van der Waals surface area contributed by atoms with Crippen molar-refractivity contribution in [1.29, 1.82) is 0 Å². The Hall–Kier alpha value is -1.65. The van der Waals surface area contributed by atoms with Crippen molar-refractivity contribution >= 4 is 18.1 Å². The molecule has 0 aliphatic carbocycles. The lowest BCUT2D eigenvalue weighted by Gasteiger charge is -2.21. The summed E-state index contributed by atoms with van der Waals surface area (Å²) in [6.07, 6.45) is 8.13. The van der Waals surface area contributed by atoms with E-state index in [0.29, 0.717) is 13.0 Å². The molecule has 1 N–H and O–H groups in total. The highest BCUT2D eigenvalue weighted by Crippen LogP contribution is 2.04. The van der Waals surface area contributed by atoms with Crippen LogP contribution in [0.25, 0.3) is 0 Å². The zero-order valence-corrected chi connectivity index (χ0v) is 13.2. The van der Waals surface area contributed by atoms with E-state index in [9.17, 15) is 9.59 Å². The second kappa shape index (κ2) is 9.32. The van der Waals surface area contributed by atoms with Gasteiger partial charge in [-0.25, -0.2) is 9.37 Å². The molecule has 0 aromatic carbocycles. The highest BCUT2D eigenvalue weighted by Gasteiger charge is 2.22. The maximum Gasteiger partial charge on any atom is 0.341 e. The third-order valence-electron chi connectivity index (χ3n) is 3.60. The number of amides is 1. The van der Waals surface area contributed by atoms with Crippen LogP contribution in [-0.4, -0.2) is 58.9 Å². The van der Waals surface area contributed by atoms with E-state index in [1.54, 1.807) is 12.3 Å². The molecule has 5 nitrogen and oxygen atoms in total. The van der Waals surface area contributed by atoms with E-state index < -0.39 is 5.97 Å². The van der Waals surface area contributed by atoms with Gasteiger partial charge < -0.3 is 10.0 Å². The third-order valence-corrected chi connectivity index (χ3v) is 3.60. The normalized spacial score (nSPS) is 14.4. The maximum atomic E-state index is 12.4. The minimum atomic E-state index is -0.930. The molecule has 1 amide bonds. The highest BCUT2D eigenvalue weighted by molar-refractivity contribution is 6.07. The van der Waals surface area contributed by atoms with Crippen molar-refractivity contribution in [2.45, 2.75) is 46.0 Å². The van der Waals surface area contributed by atoms with E-state index in [-0.39, 0.29) is 18.0 Å². The van der Waals surface area contributed by atoms with Gasteiger partial charge >= 0.3 is 5.97 Å². The molecule has 0 aromatic heterocycles. The number of unbranched alkanes of at least 4 members (excludes halogenated alkanes) is 2. The Bertz CT molecular complexity index is 419. The van der Waals surface area contributed by atoms with Gasteiger partial charge in [0.2, 0.25) is 6.54 Å². The van der Waals surface area contributed by atoms with Gasteiger partial charge in [-0.1, -0.05) is 32.8 Å². The summed E-state index contributed by atoms with van der Waals surface area (Å²) in [5.74, 6) is -0.833. The Labute approximate surface area is 127 Å². The molecule has 21 heavy (non-hydrogen) atoms. The summed E-state index contributed by atoms with van der Waals surface area (Å²) in [5, 5.41) is 9.01. The van der Waals surface area contributed by atoms with Crippen molar-refractivity contribution in [3.05, 3.63) is 11.6 Å². The van der Waals surface area contributed by atoms with E-state index >= 15 is 0 Å². The molecule has 0 fully saturated rings. The van der Waals surface area contributed by atoms with Crippen molar-refractivity contribution in [3.8, 4) is 0 Å². The lowest BCUT2D eigenvalue weighted by molar-refractivity contribution is -0.512. The number of carboxylic acids is 1. The molecule has 0 unspecified atom stereocenters. The van der Waals surface area contributed by atoms with Crippen molar-refractivity contribution < 1.29 is 19.3 Å². The molecule has 0 bridgehead atoms. The lowest BCUT2D eigenvalue weighted by atomic mass is 10.2. The maximum absolute atomic E-state index is 12.4. The van der Waals surface area contributed by atoms with Crippen LogP contribution >= 0.6 is 0 Å². The van der Waals surface area contributed by atoms with E-state index in [4.69, 9.17) is 5.11 Å². The van der Waals surface area contributed by atoms with Crippen LogP contribution in [0.1, 0.15) is 46.0 Å². The first-order chi connectivity index (χ1) is 10.1. The number of hydrogen-bond donors (Lipinski definition) is 1. The summed E-state index contributed by atoms with van der Waals surface area (Å²) in [4.78, 5) is 25.3. The van der Waals surface area contributed by atoms with E-state index in [0.717, 1.165) is 38.8 Å². The number of carbonyl (C=O) groups is 2. The number of carboxylic acid groups (broad SMARTS) is 1. The van der Waals surface area contributed by atoms with Gasteiger partial charge in [0.05, 0.1) is 0 Å². The summed E-state index contributed by atoms with van der Waals surface area (Å²) in [5.41, 5.74) is 0.280. The van der Waals surface area contributed by atoms with Crippen molar-refractivity contribution in [2.24, 2.45) is 0 Å². The van der Waals surface area contributed by atoms with Gasteiger partial charge in [-0.15, -0.1) is 0 Å². The predicted octanol–water partition coefficient (Wildman–Crippen LogP) is 1.91. The summed E-state index contributed by atoms with van der Waals surface area (Å²) in [6.45, 7) is 6.81. The van der Waals surface area contributed by atoms with Crippen molar-refractivity contribution in [3.63, 3.8) is 0 Å². The standard InChI is InChI=1S/C16H26N2O3/c1-3-5-10-18(11-6-4-2)15(19)13-17-9-7-8-14(12-17)16(20)21/h8,12H,3-7,9-11,13H2,1-2H3/p+1. The van der Waals surface area contributed by atoms with Crippen LogP contribution in [0.5, 0.6) is 0 Å². The molecule has 1 aliphatic heterocycles. The number of carbonyl (C=O) groups excluding carboxylic acids is 1. The molecule has 0 aromatic rings. The first kappa shape index (κ1) is 17.4. The van der Waals surface area contributed by atoms with E-state index in [1.165, 1.54) is 0 Å². The Balaban J connectivity index is 2.63. The number of aliphatic carboxylic acids is 1. The Morgan fingerprint density at radius 2 is 1.86 bits per heavy atom. The summed E-state index contributed by atoms with van der Waals surface area (Å²) in [7, 11) is 0. The number of hydrogen-bond acceptors (Lipinski definition) is 2. The van der Waals surface area contributed by atoms with Crippen LogP contribution in [-0.2, 0) is 9.59 Å². The molecule has 1 rings (SSSR count). The molecule has 0 saturated heterocycles. The summed E-state index contributed by atoms with van der Waals surface area (Å²) >= 11 is 0. The van der Waals surface area contributed by atoms with Crippen molar-refractivity contribution in [1.82, 2.24) is 4.90 Å². The zero-order valence-electron chi connectivity index (χ0n) is 13.2. The number of rotatable bonds is 9. The molecule has 0 atom stereocenters. The summed E-state index contributed by atoms with van der Waals surface area (Å²) in [6, 6.07) is 0. The Morgan fingerprint density at radius 1 is 1.24 bits per heavy atom. The van der Waals surface area contributed by atoms with Gasteiger partial charge in [-0.2, -0.15) is 0 Å². The SMILES string of the molecule is CCCCN(CCCC)C(=O)C[N+]1=CC(C(=O)O)=CCC1. The van der Waals surface area contributed by atoms with Crippen LogP contribution in [0.2, 0.25) is 0 Å². The first-order valence-corrected chi connectivity index (χ1v) is 7.88. The van der Waals surface area contributed by atoms with Gasteiger partial charge in [-0.05, 0) is 12.8 Å². The second-order valence-electron chi connectivity index (χ2n) is 5.44. The van der Waals surface area contributed by atoms with Crippen LogP contribution in [0.3, 0.4) is 0 Å². The molecule has 1 aliphatic rings. The Kier molecular flexibility index (Phi) is 7.72. The zero-order chi connectivity index (χ0) is 15.7. The van der Waals surface area contributed by atoms with E-state index in [1.807, 2.05) is 9.48 Å². The molecule has 5 heteroatoms. The van der Waals surface area contributed by atoms with Crippen LogP contribution in [0.15, 0.2) is 11.6 Å². The molecule has 0 radical (unpaired) electrons. The van der Waals surface area contributed by atoms with Gasteiger partial charge in [0, 0.05) is 19.5 Å². The minimum Gasteiger partial charge on any atom is -0.477 e. The smallest absolute Gasteiger partial charge is 0.341 e. The fraction of sp³-hybridized carbons (Fsp3) is 0.688. The first-order valence-electron chi connectivity index (χ1n) is 7.88. The fourth-order valence-corrected chi connectivity index (χ4v) is 2.30. The topological polar surface area (TPSA) is 60.6 Å². The highest BCUT2D eigenvalue weighted by atomic mass is 16.4. The third kappa shape index (κ3) is 6.10. The van der Waals surface area contributed by atoms with Gasteiger partial charge in [0.25, 0.3) is 5.91 Å². The molecular formula is C16H27N2O3+. The van der Waals surface area contributed by atoms with E-state index in [2.05, 4.69) is 13.8 Å². The summed E-state index contributed by atoms with van der Waals surface area (Å²) < 4.78 is 1.82. The molecule has 0 saturated carbocycles. The predicted molar refractivity (Wildman–Crippen MR) is 82.8 cm³/mol. The second-order valence-corrected chi connectivity index (χ2v) is 5.44. The van der Waals surface area contributed by atoms with Crippen molar-refractivity contribution in [2.75, 3.05) is 26.2 Å². The average Bonchev–Trinajstić information content (AvgIpc) is 2.47. The van der Waals surface area contributed by atoms with Gasteiger partial charge in [0.15, 0.2) is 6.21 Å². The fourth-order valence-electron chi connectivity index (χ4n) is 2.30. The minimum absolute atomic E-state index is 0.0970. The average molecular weight is 295 g/mol. The molecular weight excluding hydrogens is 268 g/mol. The Morgan fingerprint density at radius 3 is 2.38 bits per heavy atom. The quantitative estimate of drug-likeness (QED) is 0.661. The van der Waals surface area contributed by atoms with Gasteiger partial charge in [-0.3, -0.25) is 4.79 Å². The largest absolute Gasteiger partial charge is 0.477 e. The molecule has 1 heterocycles. The van der Waals surface area contributed by atoms with Gasteiger partial charge in [0.1, 0.15) is 12.1 Å². The number of nitrogens with zero attached hydrogens (tertiary/aromatic N) is 2. The molecule has 118 valence electrons. The van der Waals surface area contributed by atoms with Crippen LogP contribution < -0.4 is 0 Å². The van der Waals surface area contributed by atoms with Crippen LogP contribution in [0.4, 0.5) is 0 Å². The van der Waals surface area contributed by atoms with Crippen LogP contribution in [0, 0.1) is 0 Å². The lowest BCUT2D eigenvalue weighted by Crippen LogP contribution is -2.39.